The number of hydrogen-bond acceptors (Lipinski definition) is 2. The van der Waals surface area contributed by atoms with Gasteiger partial charge in [-0.3, -0.25) is 4.79 Å². The number of amides is 1. The maximum atomic E-state index is 14.0. The maximum absolute atomic E-state index is 14.0. The quantitative estimate of drug-likeness (QED) is 0.746. The van der Waals surface area contributed by atoms with Crippen molar-refractivity contribution in [3.63, 3.8) is 0 Å². The Labute approximate surface area is 119 Å². The molecule has 0 bridgehead atoms. The SMILES string of the molecule is C[C@@H]1CN(C(=O)c2cccc(C(F)(F)F)c2F)C[C@H](C)O1. The first-order valence-corrected chi connectivity index (χ1v) is 6.50. The number of alkyl halides is 3. The van der Waals surface area contributed by atoms with Crippen LogP contribution in [0.5, 0.6) is 0 Å². The normalized spacial score (nSPS) is 23.2. The highest BCUT2D eigenvalue weighted by molar-refractivity contribution is 5.94. The number of hydrogen-bond donors (Lipinski definition) is 0. The number of morpholine rings is 1. The molecule has 3 nitrogen and oxygen atoms in total. The molecule has 1 heterocycles. The van der Waals surface area contributed by atoms with Gasteiger partial charge in [-0.15, -0.1) is 0 Å². The van der Waals surface area contributed by atoms with Crippen molar-refractivity contribution >= 4 is 5.91 Å². The Balaban J connectivity index is 2.32. The lowest BCUT2D eigenvalue weighted by atomic mass is 10.1. The molecule has 1 saturated heterocycles. The average Bonchev–Trinajstić information content (AvgIpc) is 2.35. The van der Waals surface area contributed by atoms with Crippen molar-refractivity contribution in [3.05, 3.63) is 35.1 Å². The van der Waals surface area contributed by atoms with E-state index in [0.29, 0.717) is 6.07 Å². The Morgan fingerprint density at radius 2 is 1.81 bits per heavy atom. The molecule has 21 heavy (non-hydrogen) atoms. The van der Waals surface area contributed by atoms with E-state index in [1.165, 1.54) is 4.90 Å². The third-order valence-electron chi connectivity index (χ3n) is 3.24. The molecule has 1 amide bonds. The Hall–Kier alpha value is -1.63. The monoisotopic (exact) mass is 305 g/mol. The van der Waals surface area contributed by atoms with Crippen LogP contribution in [0.2, 0.25) is 0 Å². The standard InChI is InChI=1S/C14H15F4NO2/c1-8-6-19(7-9(2)21-8)13(20)10-4-3-5-11(12(10)15)14(16,17)18/h3-5,8-9H,6-7H2,1-2H3/t8-,9+. The topological polar surface area (TPSA) is 29.5 Å². The summed E-state index contributed by atoms with van der Waals surface area (Å²) in [5.74, 6) is -2.28. The summed E-state index contributed by atoms with van der Waals surface area (Å²) < 4.78 is 57.4. The summed E-state index contributed by atoms with van der Waals surface area (Å²) in [5, 5.41) is 0. The lowest BCUT2D eigenvalue weighted by Gasteiger charge is -2.35. The van der Waals surface area contributed by atoms with Gasteiger partial charge >= 0.3 is 6.18 Å². The van der Waals surface area contributed by atoms with E-state index in [-0.39, 0.29) is 25.3 Å². The summed E-state index contributed by atoms with van der Waals surface area (Å²) in [7, 11) is 0. The van der Waals surface area contributed by atoms with E-state index in [1.807, 2.05) is 0 Å². The summed E-state index contributed by atoms with van der Waals surface area (Å²) in [4.78, 5) is 13.6. The van der Waals surface area contributed by atoms with Crippen LogP contribution in [-0.2, 0) is 10.9 Å². The Morgan fingerprint density at radius 1 is 1.24 bits per heavy atom. The van der Waals surface area contributed by atoms with Crippen molar-refractivity contribution < 1.29 is 27.1 Å². The second-order valence-electron chi connectivity index (χ2n) is 5.13. The van der Waals surface area contributed by atoms with Crippen LogP contribution in [0.1, 0.15) is 29.8 Å². The Bertz CT molecular complexity index is 534. The number of nitrogens with zero attached hydrogens (tertiary/aromatic N) is 1. The molecule has 2 atom stereocenters. The average molecular weight is 305 g/mol. The number of ether oxygens (including phenoxy) is 1. The molecule has 0 saturated carbocycles. The molecular formula is C14H15F4NO2. The molecule has 1 aliphatic rings. The highest BCUT2D eigenvalue weighted by Crippen LogP contribution is 2.32. The Kier molecular flexibility index (Phi) is 4.22. The molecule has 0 aromatic heterocycles. The van der Waals surface area contributed by atoms with Gasteiger partial charge in [-0.05, 0) is 26.0 Å². The largest absolute Gasteiger partial charge is 0.419 e. The summed E-state index contributed by atoms with van der Waals surface area (Å²) in [6.45, 7) is 3.94. The smallest absolute Gasteiger partial charge is 0.372 e. The number of carbonyl (C=O) groups excluding carboxylic acids is 1. The van der Waals surface area contributed by atoms with Gasteiger partial charge in [0.1, 0.15) is 5.82 Å². The predicted octanol–water partition coefficient (Wildman–Crippen LogP) is 3.09. The first-order valence-electron chi connectivity index (χ1n) is 6.50. The summed E-state index contributed by atoms with van der Waals surface area (Å²) in [6, 6.07) is 2.72. The highest BCUT2D eigenvalue weighted by Gasteiger charge is 2.37. The van der Waals surface area contributed by atoms with Gasteiger partial charge in [-0.2, -0.15) is 13.2 Å². The van der Waals surface area contributed by atoms with Gasteiger partial charge in [0.05, 0.1) is 23.3 Å². The van der Waals surface area contributed by atoms with E-state index in [1.54, 1.807) is 13.8 Å². The van der Waals surface area contributed by atoms with E-state index in [4.69, 9.17) is 4.74 Å². The van der Waals surface area contributed by atoms with E-state index >= 15 is 0 Å². The van der Waals surface area contributed by atoms with Crippen LogP contribution < -0.4 is 0 Å². The zero-order valence-corrected chi connectivity index (χ0v) is 11.6. The molecule has 2 rings (SSSR count). The van der Waals surface area contributed by atoms with Crippen molar-refractivity contribution in [1.29, 1.82) is 0 Å². The minimum absolute atomic E-state index is 0.221. The van der Waals surface area contributed by atoms with E-state index < -0.39 is 29.0 Å². The molecule has 0 spiro atoms. The fourth-order valence-corrected chi connectivity index (χ4v) is 2.43. The van der Waals surface area contributed by atoms with Crippen LogP contribution in [0, 0.1) is 5.82 Å². The van der Waals surface area contributed by atoms with E-state index in [9.17, 15) is 22.4 Å². The third kappa shape index (κ3) is 3.34. The number of halogens is 4. The Morgan fingerprint density at radius 3 is 2.33 bits per heavy atom. The molecule has 7 heteroatoms. The molecule has 1 aromatic rings. The first kappa shape index (κ1) is 15.8. The fraction of sp³-hybridized carbons (Fsp3) is 0.500. The molecule has 0 unspecified atom stereocenters. The van der Waals surface area contributed by atoms with Gasteiger partial charge in [-0.25, -0.2) is 4.39 Å². The summed E-state index contributed by atoms with van der Waals surface area (Å²) in [5.41, 5.74) is -1.99. The zero-order valence-electron chi connectivity index (χ0n) is 11.6. The molecule has 1 aromatic carbocycles. The second-order valence-corrected chi connectivity index (χ2v) is 5.13. The van der Waals surface area contributed by atoms with Gasteiger partial charge in [0.2, 0.25) is 0 Å². The van der Waals surface area contributed by atoms with Crippen molar-refractivity contribution in [3.8, 4) is 0 Å². The van der Waals surface area contributed by atoms with Crippen LogP contribution in [0.15, 0.2) is 18.2 Å². The van der Waals surface area contributed by atoms with Crippen molar-refractivity contribution in [2.75, 3.05) is 13.1 Å². The summed E-state index contributed by atoms with van der Waals surface area (Å²) >= 11 is 0. The van der Waals surface area contributed by atoms with E-state index in [2.05, 4.69) is 0 Å². The lowest BCUT2D eigenvalue weighted by molar-refractivity contribution is -0.140. The van der Waals surface area contributed by atoms with Crippen LogP contribution in [0.4, 0.5) is 17.6 Å². The van der Waals surface area contributed by atoms with Crippen LogP contribution in [0.3, 0.4) is 0 Å². The molecule has 116 valence electrons. The second kappa shape index (κ2) is 5.63. The van der Waals surface area contributed by atoms with E-state index in [0.717, 1.165) is 12.1 Å². The van der Waals surface area contributed by atoms with Crippen molar-refractivity contribution in [2.45, 2.75) is 32.2 Å². The van der Waals surface area contributed by atoms with Crippen LogP contribution in [0.25, 0.3) is 0 Å². The van der Waals surface area contributed by atoms with Gasteiger partial charge in [-0.1, -0.05) is 6.07 Å². The van der Waals surface area contributed by atoms with Gasteiger partial charge in [0.15, 0.2) is 0 Å². The van der Waals surface area contributed by atoms with Crippen LogP contribution in [-0.4, -0.2) is 36.1 Å². The van der Waals surface area contributed by atoms with Gasteiger partial charge in [0, 0.05) is 13.1 Å². The molecule has 1 fully saturated rings. The first-order chi connectivity index (χ1) is 9.70. The molecule has 0 N–H and O–H groups in total. The maximum Gasteiger partial charge on any atom is 0.419 e. The predicted molar refractivity (Wildman–Crippen MR) is 67.3 cm³/mol. The zero-order chi connectivity index (χ0) is 15.8. The van der Waals surface area contributed by atoms with Crippen molar-refractivity contribution in [2.24, 2.45) is 0 Å². The summed E-state index contributed by atoms with van der Waals surface area (Å²) in [6.07, 6.45) is -5.32. The third-order valence-corrected chi connectivity index (χ3v) is 3.24. The molecule has 0 radical (unpaired) electrons. The van der Waals surface area contributed by atoms with Gasteiger partial charge < -0.3 is 9.64 Å². The minimum atomic E-state index is -4.83. The molecule has 0 aliphatic carbocycles. The number of benzene rings is 1. The van der Waals surface area contributed by atoms with Crippen LogP contribution >= 0.6 is 0 Å². The molecular weight excluding hydrogens is 290 g/mol. The number of rotatable bonds is 1. The minimum Gasteiger partial charge on any atom is -0.372 e. The fourth-order valence-electron chi connectivity index (χ4n) is 2.43. The number of carbonyl (C=O) groups is 1. The van der Waals surface area contributed by atoms with Gasteiger partial charge in [0.25, 0.3) is 5.91 Å². The highest BCUT2D eigenvalue weighted by atomic mass is 19.4. The molecule has 1 aliphatic heterocycles. The lowest BCUT2D eigenvalue weighted by Crippen LogP contribution is -2.48. The van der Waals surface area contributed by atoms with Crippen molar-refractivity contribution in [1.82, 2.24) is 4.90 Å².